The molecule has 1 amide bonds. The quantitative estimate of drug-likeness (QED) is 0.797. The van der Waals surface area contributed by atoms with Gasteiger partial charge in [-0.25, -0.2) is 0 Å². The number of anilines is 1. The second-order valence-electron chi connectivity index (χ2n) is 6.20. The fourth-order valence-corrected chi connectivity index (χ4v) is 3.01. The van der Waals surface area contributed by atoms with E-state index in [2.05, 4.69) is 5.32 Å². The molecule has 0 radical (unpaired) electrons. The molecule has 3 aromatic rings. The van der Waals surface area contributed by atoms with Crippen LogP contribution in [0.2, 0.25) is 0 Å². The van der Waals surface area contributed by atoms with Gasteiger partial charge in [0, 0.05) is 18.9 Å². The van der Waals surface area contributed by atoms with E-state index in [4.69, 9.17) is 4.74 Å². The molecular formula is C20H20N2O3. The van der Waals surface area contributed by atoms with E-state index >= 15 is 0 Å². The minimum atomic E-state index is -0.421. The minimum absolute atomic E-state index is 0.0995. The van der Waals surface area contributed by atoms with E-state index in [1.807, 2.05) is 39.1 Å². The Morgan fingerprint density at radius 3 is 2.40 bits per heavy atom. The number of rotatable bonds is 3. The molecule has 0 atom stereocenters. The van der Waals surface area contributed by atoms with Gasteiger partial charge in [0.05, 0.1) is 18.0 Å². The van der Waals surface area contributed by atoms with Gasteiger partial charge in [0.15, 0.2) is 0 Å². The van der Waals surface area contributed by atoms with Crippen molar-refractivity contribution in [3.63, 3.8) is 0 Å². The molecule has 5 heteroatoms. The first-order valence-corrected chi connectivity index (χ1v) is 7.96. The van der Waals surface area contributed by atoms with Gasteiger partial charge in [-0.1, -0.05) is 6.07 Å². The van der Waals surface area contributed by atoms with Gasteiger partial charge in [-0.15, -0.1) is 0 Å². The fraction of sp³-hybridized carbons (Fsp3) is 0.200. The Morgan fingerprint density at radius 1 is 1.08 bits per heavy atom. The van der Waals surface area contributed by atoms with E-state index in [1.165, 1.54) is 0 Å². The van der Waals surface area contributed by atoms with Gasteiger partial charge in [0.2, 0.25) is 5.43 Å². The second-order valence-corrected chi connectivity index (χ2v) is 6.20. The highest BCUT2D eigenvalue weighted by Gasteiger charge is 2.15. The summed E-state index contributed by atoms with van der Waals surface area (Å²) >= 11 is 0. The molecule has 2 aromatic carbocycles. The summed E-state index contributed by atoms with van der Waals surface area (Å²) in [6, 6.07) is 11.0. The summed E-state index contributed by atoms with van der Waals surface area (Å²) in [4.78, 5) is 25.4. The number of nitrogens with zero attached hydrogens (tertiary/aromatic N) is 1. The predicted octanol–water partition coefficient (Wildman–Crippen LogP) is 3.42. The van der Waals surface area contributed by atoms with Gasteiger partial charge < -0.3 is 14.6 Å². The van der Waals surface area contributed by atoms with Gasteiger partial charge in [0.1, 0.15) is 11.3 Å². The Kier molecular flexibility index (Phi) is 4.31. The molecule has 25 heavy (non-hydrogen) atoms. The number of pyridine rings is 1. The highest BCUT2D eigenvalue weighted by Crippen LogP contribution is 2.19. The molecule has 1 heterocycles. The Labute approximate surface area is 145 Å². The minimum Gasteiger partial charge on any atom is -0.497 e. The zero-order valence-corrected chi connectivity index (χ0v) is 14.7. The summed E-state index contributed by atoms with van der Waals surface area (Å²) in [5.41, 5.74) is 3.30. The number of hydrogen-bond acceptors (Lipinski definition) is 3. The van der Waals surface area contributed by atoms with Crippen LogP contribution in [0.5, 0.6) is 5.75 Å². The van der Waals surface area contributed by atoms with E-state index in [0.717, 1.165) is 16.6 Å². The average Bonchev–Trinajstić information content (AvgIpc) is 2.56. The number of ether oxygens (including phenoxy) is 1. The number of carbonyl (C=O) groups is 1. The maximum atomic E-state index is 12.8. The van der Waals surface area contributed by atoms with E-state index in [0.29, 0.717) is 16.8 Å². The monoisotopic (exact) mass is 336 g/mol. The molecule has 128 valence electrons. The Morgan fingerprint density at radius 2 is 1.76 bits per heavy atom. The SMILES string of the molecule is COc1ccc2c(c1)c(=O)c(C(=O)Nc1cc(C)cc(C)c1)cn2C. The summed E-state index contributed by atoms with van der Waals surface area (Å²) in [5.74, 6) is 0.159. The smallest absolute Gasteiger partial charge is 0.261 e. The first-order valence-electron chi connectivity index (χ1n) is 7.96. The van der Waals surface area contributed by atoms with Crippen molar-refractivity contribution in [3.05, 3.63) is 69.5 Å². The second kappa shape index (κ2) is 6.43. The molecule has 5 nitrogen and oxygen atoms in total. The van der Waals surface area contributed by atoms with E-state index in [1.54, 1.807) is 36.1 Å². The zero-order chi connectivity index (χ0) is 18.1. The van der Waals surface area contributed by atoms with Crippen molar-refractivity contribution in [1.82, 2.24) is 4.57 Å². The molecule has 0 aliphatic carbocycles. The molecule has 1 aromatic heterocycles. The lowest BCUT2D eigenvalue weighted by Crippen LogP contribution is -2.23. The van der Waals surface area contributed by atoms with Crippen molar-refractivity contribution in [3.8, 4) is 5.75 Å². The van der Waals surface area contributed by atoms with Crippen LogP contribution in [-0.4, -0.2) is 17.6 Å². The Hall–Kier alpha value is -3.08. The highest BCUT2D eigenvalue weighted by molar-refractivity contribution is 6.05. The number of nitrogens with one attached hydrogen (secondary N) is 1. The molecule has 0 spiro atoms. The number of aromatic nitrogens is 1. The third-order valence-electron chi connectivity index (χ3n) is 4.12. The fourth-order valence-electron chi connectivity index (χ4n) is 3.01. The van der Waals surface area contributed by atoms with Gasteiger partial charge in [-0.05, 0) is 55.3 Å². The molecule has 0 unspecified atom stereocenters. The van der Waals surface area contributed by atoms with E-state index in [9.17, 15) is 9.59 Å². The lowest BCUT2D eigenvalue weighted by Gasteiger charge is -2.11. The van der Waals surface area contributed by atoms with Crippen LogP contribution in [-0.2, 0) is 7.05 Å². The molecule has 0 aliphatic rings. The van der Waals surface area contributed by atoms with Crippen LogP contribution >= 0.6 is 0 Å². The van der Waals surface area contributed by atoms with Gasteiger partial charge in [-0.2, -0.15) is 0 Å². The molecule has 0 aliphatic heterocycles. The molecule has 1 N–H and O–H groups in total. The third kappa shape index (κ3) is 3.26. The summed E-state index contributed by atoms with van der Waals surface area (Å²) in [5, 5.41) is 3.27. The number of benzene rings is 2. The first-order chi connectivity index (χ1) is 11.9. The maximum Gasteiger partial charge on any atom is 0.261 e. The van der Waals surface area contributed by atoms with E-state index < -0.39 is 5.91 Å². The molecule has 3 rings (SSSR count). The van der Waals surface area contributed by atoms with Crippen molar-refractivity contribution < 1.29 is 9.53 Å². The van der Waals surface area contributed by atoms with Crippen LogP contribution in [0.15, 0.2) is 47.4 Å². The number of carbonyl (C=O) groups excluding carboxylic acids is 1. The lowest BCUT2D eigenvalue weighted by molar-refractivity contribution is 0.102. The topological polar surface area (TPSA) is 60.3 Å². The summed E-state index contributed by atoms with van der Waals surface area (Å²) < 4.78 is 6.96. The van der Waals surface area contributed by atoms with Gasteiger partial charge in [-0.3, -0.25) is 9.59 Å². The molecule has 0 saturated carbocycles. The van der Waals surface area contributed by atoms with Gasteiger partial charge >= 0.3 is 0 Å². The molecule has 0 fully saturated rings. The van der Waals surface area contributed by atoms with Crippen LogP contribution in [0.4, 0.5) is 5.69 Å². The maximum absolute atomic E-state index is 12.8. The lowest BCUT2D eigenvalue weighted by atomic mass is 10.1. The van der Waals surface area contributed by atoms with Crippen molar-refractivity contribution in [2.75, 3.05) is 12.4 Å². The van der Waals surface area contributed by atoms with Crippen LogP contribution in [0, 0.1) is 13.8 Å². The standard InChI is InChI=1S/C20H20N2O3/c1-12-7-13(2)9-14(8-12)21-20(24)17-11-22(3)18-6-5-15(25-4)10-16(18)19(17)23/h5-11H,1-4H3,(H,21,24). The normalized spacial score (nSPS) is 10.7. The number of fused-ring (bicyclic) bond motifs is 1. The van der Waals surface area contributed by atoms with Crippen LogP contribution in [0.1, 0.15) is 21.5 Å². The molecular weight excluding hydrogens is 316 g/mol. The average molecular weight is 336 g/mol. The largest absolute Gasteiger partial charge is 0.497 e. The summed E-state index contributed by atoms with van der Waals surface area (Å²) in [6.07, 6.45) is 1.56. The van der Waals surface area contributed by atoms with Crippen LogP contribution in [0.25, 0.3) is 10.9 Å². The Balaban J connectivity index is 2.07. The molecule has 0 saturated heterocycles. The van der Waals surface area contributed by atoms with Crippen molar-refractivity contribution in [1.29, 1.82) is 0 Å². The first kappa shape index (κ1) is 16.8. The highest BCUT2D eigenvalue weighted by atomic mass is 16.5. The van der Waals surface area contributed by atoms with Crippen molar-refractivity contribution in [2.24, 2.45) is 7.05 Å². The van der Waals surface area contributed by atoms with E-state index in [-0.39, 0.29) is 11.0 Å². The number of amides is 1. The molecule has 0 bridgehead atoms. The zero-order valence-electron chi connectivity index (χ0n) is 14.7. The van der Waals surface area contributed by atoms with Crippen LogP contribution < -0.4 is 15.5 Å². The third-order valence-corrected chi connectivity index (χ3v) is 4.12. The Bertz CT molecular complexity index is 1010. The van der Waals surface area contributed by atoms with Crippen molar-refractivity contribution >= 4 is 22.5 Å². The number of hydrogen-bond donors (Lipinski definition) is 1. The van der Waals surface area contributed by atoms with Crippen molar-refractivity contribution in [2.45, 2.75) is 13.8 Å². The predicted molar refractivity (Wildman–Crippen MR) is 99.6 cm³/mol. The van der Waals surface area contributed by atoms with Gasteiger partial charge in [0.25, 0.3) is 5.91 Å². The number of methoxy groups -OCH3 is 1. The summed E-state index contributed by atoms with van der Waals surface area (Å²) in [7, 11) is 3.35. The number of aryl methyl sites for hydroxylation is 3. The van der Waals surface area contributed by atoms with Crippen LogP contribution in [0.3, 0.4) is 0 Å². The summed E-state index contributed by atoms with van der Waals surface area (Å²) in [6.45, 7) is 3.92.